The standard InChI is InChI=1S/C22H17NOS.C2H6/c1-4-10-17(11-5-1)16-25-22-23-20(18-12-6-2-7-13-18)21(24-22)19-14-8-3-9-15-19;1-2/h1-15H,16H2;1-2H3. The van der Waals surface area contributed by atoms with Gasteiger partial charge in [-0.1, -0.05) is 117 Å². The molecule has 0 amide bonds. The van der Waals surface area contributed by atoms with Crippen LogP contribution in [-0.4, -0.2) is 4.98 Å². The molecule has 3 aromatic carbocycles. The molecular formula is C24H23NOS. The van der Waals surface area contributed by atoms with Crippen LogP contribution < -0.4 is 0 Å². The fourth-order valence-corrected chi connectivity index (χ4v) is 3.44. The van der Waals surface area contributed by atoms with Crippen molar-refractivity contribution in [2.75, 3.05) is 0 Å². The molecule has 0 aliphatic heterocycles. The lowest BCUT2D eigenvalue weighted by Gasteiger charge is -2.00. The molecule has 136 valence electrons. The van der Waals surface area contributed by atoms with Crippen LogP contribution in [0.15, 0.2) is 101 Å². The van der Waals surface area contributed by atoms with Crippen LogP contribution in [0.25, 0.3) is 22.6 Å². The quantitative estimate of drug-likeness (QED) is 0.343. The molecule has 0 aliphatic carbocycles. The predicted molar refractivity (Wildman–Crippen MR) is 115 cm³/mol. The number of hydrogen-bond acceptors (Lipinski definition) is 3. The van der Waals surface area contributed by atoms with Crippen molar-refractivity contribution in [3.8, 4) is 22.6 Å². The van der Waals surface area contributed by atoms with Gasteiger partial charge in [-0.2, -0.15) is 0 Å². The van der Waals surface area contributed by atoms with Crippen molar-refractivity contribution in [3.63, 3.8) is 0 Å². The van der Waals surface area contributed by atoms with Crippen LogP contribution in [0.5, 0.6) is 0 Å². The second kappa shape index (κ2) is 9.79. The van der Waals surface area contributed by atoms with Gasteiger partial charge in [-0.3, -0.25) is 0 Å². The number of benzene rings is 3. The Morgan fingerprint density at radius 2 is 1.22 bits per heavy atom. The van der Waals surface area contributed by atoms with Gasteiger partial charge in [0.05, 0.1) is 0 Å². The average molecular weight is 374 g/mol. The van der Waals surface area contributed by atoms with Gasteiger partial charge in [-0.25, -0.2) is 4.98 Å². The number of hydrogen-bond donors (Lipinski definition) is 0. The first-order chi connectivity index (χ1) is 13.4. The minimum atomic E-state index is 0.696. The fraction of sp³-hybridized carbons (Fsp3) is 0.125. The molecular weight excluding hydrogens is 350 g/mol. The lowest BCUT2D eigenvalue weighted by molar-refractivity contribution is 0.466. The molecule has 3 heteroatoms. The first kappa shape index (κ1) is 19.0. The molecule has 0 bridgehead atoms. The lowest BCUT2D eigenvalue weighted by Crippen LogP contribution is -1.82. The van der Waals surface area contributed by atoms with Crippen molar-refractivity contribution in [3.05, 3.63) is 96.6 Å². The third-order valence-corrected chi connectivity index (χ3v) is 4.80. The molecule has 2 nitrogen and oxygen atoms in total. The number of rotatable bonds is 5. The highest BCUT2D eigenvalue weighted by Crippen LogP contribution is 2.36. The van der Waals surface area contributed by atoms with E-state index in [0.29, 0.717) is 5.22 Å². The maximum absolute atomic E-state index is 6.13. The van der Waals surface area contributed by atoms with E-state index in [1.807, 2.05) is 56.3 Å². The highest BCUT2D eigenvalue weighted by atomic mass is 32.2. The van der Waals surface area contributed by atoms with Crippen LogP contribution in [0.2, 0.25) is 0 Å². The molecule has 0 spiro atoms. The fourth-order valence-electron chi connectivity index (χ4n) is 2.66. The number of thioether (sulfide) groups is 1. The van der Waals surface area contributed by atoms with Crippen LogP contribution >= 0.6 is 11.8 Å². The summed E-state index contributed by atoms with van der Waals surface area (Å²) in [5.74, 6) is 1.66. The highest BCUT2D eigenvalue weighted by Gasteiger charge is 2.17. The van der Waals surface area contributed by atoms with Gasteiger partial charge in [0.1, 0.15) is 5.69 Å². The van der Waals surface area contributed by atoms with E-state index in [2.05, 4.69) is 48.5 Å². The Balaban J connectivity index is 0.00000102. The molecule has 0 atom stereocenters. The lowest BCUT2D eigenvalue weighted by atomic mass is 10.1. The summed E-state index contributed by atoms with van der Waals surface area (Å²) in [5, 5.41) is 0.696. The molecule has 0 unspecified atom stereocenters. The number of oxazole rings is 1. The second-order valence-corrected chi connectivity index (χ2v) is 6.59. The van der Waals surface area contributed by atoms with Gasteiger partial charge in [-0.05, 0) is 5.56 Å². The van der Waals surface area contributed by atoms with E-state index in [-0.39, 0.29) is 0 Å². The van der Waals surface area contributed by atoms with Gasteiger partial charge in [-0.15, -0.1) is 0 Å². The minimum Gasteiger partial charge on any atom is -0.431 e. The van der Waals surface area contributed by atoms with Gasteiger partial charge in [0.25, 0.3) is 5.22 Å². The Hall–Kier alpha value is -2.78. The van der Waals surface area contributed by atoms with Crippen molar-refractivity contribution in [1.82, 2.24) is 4.98 Å². The predicted octanol–water partition coefficient (Wildman–Crippen LogP) is 7.33. The smallest absolute Gasteiger partial charge is 0.257 e. The monoisotopic (exact) mass is 373 g/mol. The molecule has 0 aliphatic rings. The third-order valence-electron chi connectivity index (χ3n) is 3.90. The van der Waals surface area contributed by atoms with Gasteiger partial charge < -0.3 is 4.42 Å². The van der Waals surface area contributed by atoms with Crippen molar-refractivity contribution < 1.29 is 4.42 Å². The maximum atomic E-state index is 6.13. The Morgan fingerprint density at radius 1 is 0.704 bits per heavy atom. The summed E-state index contributed by atoms with van der Waals surface area (Å²) >= 11 is 1.62. The van der Waals surface area contributed by atoms with Crippen LogP contribution in [-0.2, 0) is 5.75 Å². The van der Waals surface area contributed by atoms with Crippen LogP contribution in [0.3, 0.4) is 0 Å². The Morgan fingerprint density at radius 3 is 1.81 bits per heavy atom. The summed E-state index contributed by atoms with van der Waals surface area (Å²) in [4.78, 5) is 4.77. The van der Waals surface area contributed by atoms with E-state index in [0.717, 1.165) is 28.3 Å². The Bertz CT molecular complexity index is 877. The van der Waals surface area contributed by atoms with Crippen LogP contribution in [0.1, 0.15) is 19.4 Å². The summed E-state index contributed by atoms with van der Waals surface area (Å²) in [6, 6.07) is 30.7. The van der Waals surface area contributed by atoms with Crippen LogP contribution in [0, 0.1) is 0 Å². The summed E-state index contributed by atoms with van der Waals surface area (Å²) in [7, 11) is 0. The number of aromatic nitrogens is 1. The first-order valence-corrected chi connectivity index (χ1v) is 10.2. The molecule has 0 N–H and O–H groups in total. The van der Waals surface area contributed by atoms with Crippen molar-refractivity contribution in [2.45, 2.75) is 24.8 Å². The second-order valence-electron chi connectivity index (χ2n) is 5.66. The average Bonchev–Trinajstić information content (AvgIpc) is 3.20. The van der Waals surface area contributed by atoms with Crippen LogP contribution in [0.4, 0.5) is 0 Å². The van der Waals surface area contributed by atoms with Gasteiger partial charge in [0.2, 0.25) is 0 Å². The maximum Gasteiger partial charge on any atom is 0.257 e. The molecule has 0 saturated heterocycles. The normalized spacial score (nSPS) is 10.1. The van der Waals surface area contributed by atoms with E-state index < -0.39 is 0 Å². The van der Waals surface area contributed by atoms with E-state index in [4.69, 9.17) is 9.40 Å². The van der Waals surface area contributed by atoms with E-state index in [1.165, 1.54) is 5.56 Å². The highest BCUT2D eigenvalue weighted by molar-refractivity contribution is 7.98. The third kappa shape index (κ3) is 4.89. The molecule has 4 aromatic rings. The van der Waals surface area contributed by atoms with Gasteiger partial charge >= 0.3 is 0 Å². The molecule has 1 heterocycles. The van der Waals surface area contributed by atoms with E-state index in [9.17, 15) is 0 Å². The van der Waals surface area contributed by atoms with Gasteiger partial charge in [0.15, 0.2) is 5.76 Å². The first-order valence-electron chi connectivity index (χ1n) is 9.18. The van der Waals surface area contributed by atoms with Gasteiger partial charge in [0, 0.05) is 16.9 Å². The molecule has 0 saturated carbocycles. The van der Waals surface area contributed by atoms with E-state index in [1.54, 1.807) is 11.8 Å². The zero-order chi connectivity index (χ0) is 18.9. The molecule has 0 radical (unpaired) electrons. The van der Waals surface area contributed by atoms with Crippen molar-refractivity contribution in [1.29, 1.82) is 0 Å². The Kier molecular flexibility index (Phi) is 6.89. The van der Waals surface area contributed by atoms with E-state index >= 15 is 0 Å². The molecule has 4 rings (SSSR count). The SMILES string of the molecule is CC.c1ccc(CSc2nc(-c3ccccc3)c(-c3ccccc3)o2)cc1. The zero-order valence-electron chi connectivity index (χ0n) is 15.6. The van der Waals surface area contributed by atoms with Crippen molar-refractivity contribution in [2.24, 2.45) is 0 Å². The minimum absolute atomic E-state index is 0.696. The summed E-state index contributed by atoms with van der Waals surface area (Å²) in [5.41, 5.74) is 4.26. The number of nitrogens with zero attached hydrogens (tertiary/aromatic N) is 1. The molecule has 27 heavy (non-hydrogen) atoms. The Labute approximate surface area is 165 Å². The molecule has 0 fully saturated rings. The zero-order valence-corrected chi connectivity index (χ0v) is 16.4. The largest absolute Gasteiger partial charge is 0.431 e. The topological polar surface area (TPSA) is 26.0 Å². The summed E-state index contributed by atoms with van der Waals surface area (Å²) < 4.78 is 6.13. The summed E-state index contributed by atoms with van der Waals surface area (Å²) in [6.45, 7) is 4.00. The molecule has 1 aromatic heterocycles. The summed E-state index contributed by atoms with van der Waals surface area (Å²) in [6.07, 6.45) is 0. The van der Waals surface area contributed by atoms with Crippen molar-refractivity contribution >= 4 is 11.8 Å².